The first-order valence-electron chi connectivity index (χ1n) is 8.95. The Morgan fingerprint density at radius 2 is 1.43 bits per heavy atom. The fourth-order valence-electron chi connectivity index (χ4n) is 2.67. The van der Waals surface area contributed by atoms with Crippen LogP contribution < -0.4 is 5.32 Å². The Labute approximate surface area is 169 Å². The molecule has 0 unspecified atom stereocenters. The van der Waals surface area contributed by atoms with E-state index in [0.717, 1.165) is 33.3 Å². The molecular formula is C23H22N2O2S. The van der Waals surface area contributed by atoms with Gasteiger partial charge >= 0.3 is 0 Å². The summed E-state index contributed by atoms with van der Waals surface area (Å²) in [5.74, 6) is -0.113. The lowest BCUT2D eigenvalue weighted by atomic mass is 10.0. The summed E-state index contributed by atoms with van der Waals surface area (Å²) in [6.45, 7) is 0. The predicted octanol–water partition coefficient (Wildman–Crippen LogP) is 5.31. The topological polar surface area (TPSA) is 49.4 Å². The SMILES string of the molecule is CN(C)C(=O)Sc1ccccc1NC(=O)Cc1ccc(-c2ccccc2)cc1. The third-order valence-corrected chi connectivity index (χ3v) is 5.26. The van der Waals surface area contributed by atoms with E-state index in [4.69, 9.17) is 0 Å². The number of thioether (sulfide) groups is 1. The molecule has 5 heteroatoms. The van der Waals surface area contributed by atoms with E-state index in [2.05, 4.69) is 17.4 Å². The van der Waals surface area contributed by atoms with Gasteiger partial charge in [-0.25, -0.2) is 0 Å². The molecule has 4 nitrogen and oxygen atoms in total. The minimum Gasteiger partial charge on any atom is -0.339 e. The number of anilines is 1. The van der Waals surface area contributed by atoms with Gasteiger partial charge in [0.2, 0.25) is 5.91 Å². The summed E-state index contributed by atoms with van der Waals surface area (Å²) in [7, 11) is 3.41. The van der Waals surface area contributed by atoms with Crippen molar-refractivity contribution in [2.45, 2.75) is 11.3 Å². The van der Waals surface area contributed by atoms with Gasteiger partial charge in [0.05, 0.1) is 12.1 Å². The second kappa shape index (κ2) is 9.24. The molecule has 0 atom stereocenters. The van der Waals surface area contributed by atoms with Crippen LogP contribution >= 0.6 is 11.8 Å². The van der Waals surface area contributed by atoms with E-state index in [1.165, 1.54) is 4.90 Å². The fraction of sp³-hybridized carbons (Fsp3) is 0.130. The van der Waals surface area contributed by atoms with E-state index in [9.17, 15) is 9.59 Å². The second-order valence-electron chi connectivity index (χ2n) is 6.55. The van der Waals surface area contributed by atoms with Crippen molar-refractivity contribution in [2.24, 2.45) is 0 Å². The van der Waals surface area contributed by atoms with Gasteiger partial charge in [-0.1, -0.05) is 66.7 Å². The maximum absolute atomic E-state index is 12.5. The van der Waals surface area contributed by atoms with Crippen molar-refractivity contribution in [1.82, 2.24) is 4.90 Å². The molecule has 0 heterocycles. The van der Waals surface area contributed by atoms with Crippen molar-refractivity contribution >= 4 is 28.6 Å². The van der Waals surface area contributed by atoms with E-state index < -0.39 is 0 Å². The van der Waals surface area contributed by atoms with E-state index in [1.54, 1.807) is 14.1 Å². The van der Waals surface area contributed by atoms with Gasteiger partial charge in [0.25, 0.3) is 5.24 Å². The Bertz CT molecular complexity index is 954. The molecule has 0 saturated heterocycles. The Morgan fingerprint density at radius 3 is 2.11 bits per heavy atom. The highest BCUT2D eigenvalue weighted by Gasteiger charge is 2.12. The molecule has 0 aliphatic rings. The van der Waals surface area contributed by atoms with E-state index >= 15 is 0 Å². The summed E-state index contributed by atoms with van der Waals surface area (Å²) in [6.07, 6.45) is 0.274. The number of nitrogens with zero attached hydrogens (tertiary/aromatic N) is 1. The van der Waals surface area contributed by atoms with Crippen molar-refractivity contribution in [3.8, 4) is 11.1 Å². The monoisotopic (exact) mass is 390 g/mol. The predicted molar refractivity (Wildman–Crippen MR) is 116 cm³/mol. The zero-order valence-corrected chi connectivity index (χ0v) is 16.7. The van der Waals surface area contributed by atoms with E-state index in [1.807, 2.05) is 66.7 Å². The highest BCUT2D eigenvalue weighted by Crippen LogP contribution is 2.28. The smallest absolute Gasteiger partial charge is 0.286 e. The Hall–Kier alpha value is -3.05. The first kappa shape index (κ1) is 19.7. The third-order valence-electron chi connectivity index (χ3n) is 4.15. The normalized spacial score (nSPS) is 10.4. The number of carbonyl (C=O) groups is 2. The summed E-state index contributed by atoms with van der Waals surface area (Å²) < 4.78 is 0. The molecule has 3 aromatic carbocycles. The summed E-state index contributed by atoms with van der Waals surface area (Å²) in [5, 5.41) is 2.83. The average Bonchev–Trinajstić information content (AvgIpc) is 2.70. The van der Waals surface area contributed by atoms with Crippen LogP contribution in [0.15, 0.2) is 83.8 Å². The van der Waals surface area contributed by atoms with Gasteiger partial charge in [0.1, 0.15) is 0 Å². The lowest BCUT2D eigenvalue weighted by molar-refractivity contribution is -0.115. The van der Waals surface area contributed by atoms with Gasteiger partial charge in [-0.2, -0.15) is 0 Å². The van der Waals surface area contributed by atoms with Crippen LogP contribution in [-0.4, -0.2) is 30.1 Å². The Morgan fingerprint density at radius 1 is 0.821 bits per heavy atom. The highest BCUT2D eigenvalue weighted by molar-refractivity contribution is 8.13. The quantitative estimate of drug-likeness (QED) is 0.601. The van der Waals surface area contributed by atoms with Crippen molar-refractivity contribution in [2.75, 3.05) is 19.4 Å². The number of amides is 2. The number of para-hydroxylation sites is 1. The molecule has 1 N–H and O–H groups in total. The van der Waals surface area contributed by atoms with Crippen LogP contribution in [0, 0.1) is 0 Å². The largest absolute Gasteiger partial charge is 0.339 e. The van der Waals surface area contributed by atoms with Gasteiger partial charge in [-0.15, -0.1) is 0 Å². The van der Waals surface area contributed by atoms with Crippen molar-refractivity contribution < 1.29 is 9.59 Å². The van der Waals surface area contributed by atoms with Crippen LogP contribution in [0.1, 0.15) is 5.56 Å². The minimum absolute atomic E-state index is 0.0850. The first-order valence-corrected chi connectivity index (χ1v) is 9.77. The van der Waals surface area contributed by atoms with Crippen LogP contribution in [0.3, 0.4) is 0 Å². The second-order valence-corrected chi connectivity index (χ2v) is 7.54. The van der Waals surface area contributed by atoms with E-state index in [-0.39, 0.29) is 17.6 Å². The molecule has 0 saturated carbocycles. The van der Waals surface area contributed by atoms with Crippen LogP contribution in [0.2, 0.25) is 0 Å². The van der Waals surface area contributed by atoms with Gasteiger partial charge in [-0.3, -0.25) is 9.59 Å². The van der Waals surface area contributed by atoms with Crippen molar-refractivity contribution in [3.05, 3.63) is 84.4 Å². The molecule has 3 rings (SSSR count). The zero-order chi connectivity index (χ0) is 19.9. The average molecular weight is 391 g/mol. The fourth-order valence-corrected chi connectivity index (χ4v) is 3.42. The molecule has 0 aromatic heterocycles. The van der Waals surface area contributed by atoms with Gasteiger partial charge < -0.3 is 10.2 Å². The lowest BCUT2D eigenvalue weighted by Gasteiger charge is -2.13. The maximum Gasteiger partial charge on any atom is 0.286 e. The molecule has 0 radical (unpaired) electrons. The highest BCUT2D eigenvalue weighted by atomic mass is 32.2. The summed E-state index contributed by atoms with van der Waals surface area (Å²) in [4.78, 5) is 26.7. The third kappa shape index (κ3) is 5.24. The van der Waals surface area contributed by atoms with Crippen LogP contribution in [0.5, 0.6) is 0 Å². The molecule has 3 aromatic rings. The minimum atomic E-state index is -0.113. The summed E-state index contributed by atoms with van der Waals surface area (Å²) in [5.41, 5.74) is 3.85. The maximum atomic E-state index is 12.5. The molecule has 142 valence electrons. The number of hydrogen-bond acceptors (Lipinski definition) is 3. The molecule has 0 aliphatic heterocycles. The standard InChI is InChI=1S/C23H22N2O2S/c1-25(2)23(27)28-21-11-7-6-10-20(21)24-22(26)16-17-12-14-19(15-13-17)18-8-4-3-5-9-18/h3-15H,16H2,1-2H3,(H,24,26). The number of carbonyl (C=O) groups excluding carboxylic acids is 2. The molecule has 0 spiro atoms. The molecule has 0 bridgehead atoms. The summed E-state index contributed by atoms with van der Waals surface area (Å²) in [6, 6.07) is 25.4. The summed E-state index contributed by atoms with van der Waals surface area (Å²) >= 11 is 1.10. The van der Waals surface area contributed by atoms with Gasteiger partial charge in [0, 0.05) is 19.0 Å². The Balaban J connectivity index is 1.65. The zero-order valence-electron chi connectivity index (χ0n) is 15.9. The molecule has 0 aliphatic carbocycles. The van der Waals surface area contributed by atoms with Crippen molar-refractivity contribution in [1.29, 1.82) is 0 Å². The first-order chi connectivity index (χ1) is 13.5. The Kier molecular flexibility index (Phi) is 6.50. The molecule has 2 amide bonds. The molecular weight excluding hydrogens is 368 g/mol. The van der Waals surface area contributed by atoms with Gasteiger partial charge in [-0.05, 0) is 40.6 Å². The van der Waals surface area contributed by atoms with Crippen LogP contribution in [0.4, 0.5) is 10.5 Å². The van der Waals surface area contributed by atoms with Crippen LogP contribution in [-0.2, 0) is 11.2 Å². The van der Waals surface area contributed by atoms with Crippen molar-refractivity contribution in [3.63, 3.8) is 0 Å². The van der Waals surface area contributed by atoms with Gasteiger partial charge in [0.15, 0.2) is 0 Å². The number of nitrogens with one attached hydrogen (secondary N) is 1. The molecule has 28 heavy (non-hydrogen) atoms. The van der Waals surface area contributed by atoms with E-state index in [0.29, 0.717) is 5.69 Å². The number of benzene rings is 3. The number of rotatable bonds is 5. The van der Waals surface area contributed by atoms with Crippen LogP contribution in [0.25, 0.3) is 11.1 Å². The number of hydrogen-bond donors (Lipinski definition) is 1. The lowest BCUT2D eigenvalue weighted by Crippen LogP contribution is -2.17. The molecule has 0 fully saturated rings.